The van der Waals surface area contributed by atoms with E-state index in [-0.39, 0.29) is 11.7 Å². The lowest BCUT2D eigenvalue weighted by atomic mass is 10.1. The van der Waals surface area contributed by atoms with E-state index in [1.54, 1.807) is 79.9 Å². The number of thioether (sulfide) groups is 1. The van der Waals surface area contributed by atoms with Crippen molar-refractivity contribution >= 4 is 40.6 Å². The van der Waals surface area contributed by atoms with Gasteiger partial charge in [0.05, 0.1) is 30.4 Å². The molecule has 166 valence electrons. The zero-order valence-corrected chi connectivity index (χ0v) is 18.7. The van der Waals surface area contributed by atoms with Crippen LogP contribution in [0.5, 0.6) is 17.2 Å². The number of carbonyl (C=O) groups excluding carboxylic acids is 2. The van der Waals surface area contributed by atoms with E-state index < -0.39 is 5.97 Å². The maximum absolute atomic E-state index is 12.5. The van der Waals surface area contributed by atoms with E-state index in [2.05, 4.69) is 10.3 Å². The molecule has 1 N–H and O–H groups in total. The van der Waals surface area contributed by atoms with E-state index >= 15 is 0 Å². The third-order valence-corrected chi connectivity index (χ3v) is 5.56. The molecular formula is C25H20N2O5S. The molecule has 1 heterocycles. The molecule has 0 bridgehead atoms. The quantitative estimate of drug-likeness (QED) is 0.323. The van der Waals surface area contributed by atoms with Gasteiger partial charge in [0, 0.05) is 0 Å². The molecular weight excluding hydrogens is 440 g/mol. The summed E-state index contributed by atoms with van der Waals surface area (Å²) >= 11 is 1.23. The Kier molecular flexibility index (Phi) is 6.75. The van der Waals surface area contributed by atoms with Crippen LogP contribution in [0.4, 0.5) is 5.69 Å². The van der Waals surface area contributed by atoms with Gasteiger partial charge in [-0.15, -0.1) is 0 Å². The number of amides is 1. The third-order valence-electron chi connectivity index (χ3n) is 4.65. The van der Waals surface area contributed by atoms with Gasteiger partial charge >= 0.3 is 5.97 Å². The maximum atomic E-state index is 12.5. The van der Waals surface area contributed by atoms with Crippen molar-refractivity contribution in [2.45, 2.75) is 0 Å². The Morgan fingerprint density at radius 3 is 2.39 bits per heavy atom. The second-order valence-electron chi connectivity index (χ2n) is 6.85. The molecule has 0 radical (unpaired) electrons. The fourth-order valence-corrected chi connectivity index (χ4v) is 3.84. The zero-order chi connectivity index (χ0) is 23.2. The fourth-order valence-electron chi connectivity index (χ4n) is 3.00. The summed E-state index contributed by atoms with van der Waals surface area (Å²) in [5, 5.41) is 3.23. The van der Waals surface area contributed by atoms with Crippen molar-refractivity contribution < 1.29 is 23.8 Å². The van der Waals surface area contributed by atoms with Gasteiger partial charge in [0.15, 0.2) is 16.7 Å². The Balaban J connectivity index is 1.54. The molecule has 0 aliphatic carbocycles. The van der Waals surface area contributed by atoms with Crippen LogP contribution in [0.1, 0.15) is 15.9 Å². The van der Waals surface area contributed by atoms with Crippen molar-refractivity contribution in [1.29, 1.82) is 0 Å². The molecule has 0 unspecified atom stereocenters. The van der Waals surface area contributed by atoms with Gasteiger partial charge in [0.1, 0.15) is 5.75 Å². The van der Waals surface area contributed by atoms with Gasteiger partial charge in [-0.25, -0.2) is 9.79 Å². The number of nitrogens with zero attached hydrogens (tertiary/aromatic N) is 1. The molecule has 1 amide bonds. The number of esters is 1. The number of methoxy groups -OCH3 is 2. The Labute approximate surface area is 195 Å². The number of nitrogens with one attached hydrogen (secondary N) is 1. The molecule has 1 aliphatic rings. The molecule has 8 heteroatoms. The van der Waals surface area contributed by atoms with E-state index in [0.29, 0.717) is 32.6 Å². The monoisotopic (exact) mass is 460 g/mol. The first-order valence-corrected chi connectivity index (χ1v) is 10.8. The van der Waals surface area contributed by atoms with E-state index in [4.69, 9.17) is 14.2 Å². The van der Waals surface area contributed by atoms with E-state index in [1.807, 2.05) is 6.07 Å². The van der Waals surface area contributed by atoms with Crippen LogP contribution in [-0.4, -0.2) is 31.3 Å². The summed E-state index contributed by atoms with van der Waals surface area (Å²) in [6.07, 6.45) is 1.70. The Morgan fingerprint density at radius 1 is 0.939 bits per heavy atom. The van der Waals surface area contributed by atoms with Crippen molar-refractivity contribution in [3.05, 3.63) is 88.8 Å². The summed E-state index contributed by atoms with van der Waals surface area (Å²) in [5.41, 5.74) is 1.79. The molecule has 7 nitrogen and oxygen atoms in total. The van der Waals surface area contributed by atoms with Crippen LogP contribution in [-0.2, 0) is 4.79 Å². The van der Waals surface area contributed by atoms with Gasteiger partial charge in [0.25, 0.3) is 5.91 Å². The molecule has 0 atom stereocenters. The third kappa shape index (κ3) is 5.42. The number of benzene rings is 3. The van der Waals surface area contributed by atoms with E-state index in [0.717, 1.165) is 5.75 Å². The van der Waals surface area contributed by atoms with Crippen LogP contribution >= 0.6 is 11.8 Å². The van der Waals surface area contributed by atoms with Gasteiger partial charge in [-0.2, -0.15) is 0 Å². The molecule has 4 rings (SSSR count). The van der Waals surface area contributed by atoms with E-state index in [9.17, 15) is 9.59 Å². The average Bonchev–Trinajstić information content (AvgIpc) is 3.18. The summed E-state index contributed by atoms with van der Waals surface area (Å²) in [7, 11) is 3.09. The summed E-state index contributed by atoms with van der Waals surface area (Å²) in [6, 6.07) is 21.0. The molecule has 1 aliphatic heterocycles. The Hall–Kier alpha value is -4.04. The Bertz CT molecular complexity index is 1240. The van der Waals surface area contributed by atoms with Crippen molar-refractivity contribution in [3.8, 4) is 17.2 Å². The molecule has 3 aromatic rings. The molecule has 0 saturated carbocycles. The lowest BCUT2D eigenvalue weighted by molar-refractivity contribution is -0.115. The molecule has 0 spiro atoms. The minimum absolute atomic E-state index is 0.258. The fraction of sp³-hybridized carbons (Fsp3) is 0.0800. The van der Waals surface area contributed by atoms with Gasteiger partial charge in [-0.3, -0.25) is 4.79 Å². The first kappa shape index (κ1) is 22.2. The highest BCUT2D eigenvalue weighted by Crippen LogP contribution is 2.33. The normalized spacial score (nSPS) is 15.4. The lowest BCUT2D eigenvalue weighted by Gasteiger charge is -2.10. The van der Waals surface area contributed by atoms with Gasteiger partial charge in [-0.05, 0) is 71.9 Å². The second kappa shape index (κ2) is 10.1. The van der Waals surface area contributed by atoms with Crippen LogP contribution in [0.25, 0.3) is 6.08 Å². The number of ether oxygens (including phenoxy) is 3. The van der Waals surface area contributed by atoms with Crippen LogP contribution in [0.15, 0.2) is 82.7 Å². The minimum Gasteiger partial charge on any atom is -0.497 e. The number of hydrogen-bond donors (Lipinski definition) is 1. The van der Waals surface area contributed by atoms with Crippen molar-refractivity contribution in [2.24, 2.45) is 4.99 Å². The van der Waals surface area contributed by atoms with Crippen LogP contribution in [0.3, 0.4) is 0 Å². The van der Waals surface area contributed by atoms with Gasteiger partial charge < -0.3 is 19.5 Å². The number of aliphatic imine (C=N–C) groups is 1. The van der Waals surface area contributed by atoms with Gasteiger partial charge in [0.2, 0.25) is 0 Å². The molecule has 3 aromatic carbocycles. The number of amidine groups is 1. The van der Waals surface area contributed by atoms with E-state index in [1.165, 1.54) is 18.9 Å². The Morgan fingerprint density at radius 2 is 1.70 bits per heavy atom. The topological polar surface area (TPSA) is 86.2 Å². The predicted molar refractivity (Wildman–Crippen MR) is 128 cm³/mol. The smallest absolute Gasteiger partial charge is 0.343 e. The van der Waals surface area contributed by atoms with Gasteiger partial charge in [-0.1, -0.05) is 24.3 Å². The summed E-state index contributed by atoms with van der Waals surface area (Å²) in [4.78, 5) is 29.8. The first-order chi connectivity index (χ1) is 16.1. The highest BCUT2D eigenvalue weighted by atomic mass is 32.2. The highest BCUT2D eigenvalue weighted by molar-refractivity contribution is 8.18. The summed E-state index contributed by atoms with van der Waals surface area (Å²) in [6.45, 7) is 0. The average molecular weight is 461 g/mol. The predicted octanol–water partition coefficient (Wildman–Crippen LogP) is 4.81. The molecule has 0 aromatic heterocycles. The van der Waals surface area contributed by atoms with Crippen molar-refractivity contribution in [3.63, 3.8) is 0 Å². The van der Waals surface area contributed by atoms with Crippen LogP contribution < -0.4 is 19.5 Å². The zero-order valence-electron chi connectivity index (χ0n) is 17.9. The highest BCUT2D eigenvalue weighted by Gasteiger charge is 2.24. The number of rotatable bonds is 6. The standard InChI is InChI=1S/C25H20N2O5S/c1-30-19-11-9-18(10-12-19)26-25-27-23(28)22(33-25)15-16-8-13-20(31-2)21(14-16)32-24(29)17-6-4-3-5-7-17/h3-15H,1-2H3,(H,26,27,28). The number of carbonyl (C=O) groups is 2. The summed E-state index contributed by atoms with van der Waals surface area (Å²) in [5.74, 6) is 0.639. The largest absolute Gasteiger partial charge is 0.497 e. The summed E-state index contributed by atoms with van der Waals surface area (Å²) < 4.78 is 16.0. The first-order valence-electron chi connectivity index (χ1n) is 9.94. The molecule has 33 heavy (non-hydrogen) atoms. The van der Waals surface area contributed by atoms with Crippen LogP contribution in [0.2, 0.25) is 0 Å². The molecule has 1 saturated heterocycles. The van der Waals surface area contributed by atoms with Crippen molar-refractivity contribution in [1.82, 2.24) is 5.32 Å². The SMILES string of the molecule is COc1ccc(N=C2NC(=O)C(=Cc3ccc(OC)c(OC(=O)c4ccccc4)c3)S2)cc1. The lowest BCUT2D eigenvalue weighted by Crippen LogP contribution is -2.19. The van der Waals surface area contributed by atoms with Crippen LogP contribution in [0, 0.1) is 0 Å². The van der Waals surface area contributed by atoms with Crippen molar-refractivity contribution in [2.75, 3.05) is 14.2 Å². The molecule has 1 fully saturated rings. The minimum atomic E-state index is -0.499. The second-order valence-corrected chi connectivity index (χ2v) is 7.88. The maximum Gasteiger partial charge on any atom is 0.343 e. The number of hydrogen-bond acceptors (Lipinski definition) is 7.